The van der Waals surface area contributed by atoms with Gasteiger partial charge in [0.15, 0.2) is 0 Å². The first kappa shape index (κ1) is 18.9. The fourth-order valence-electron chi connectivity index (χ4n) is 2.92. The van der Waals surface area contributed by atoms with Crippen molar-refractivity contribution in [3.05, 3.63) is 39.4 Å². The van der Waals surface area contributed by atoms with Crippen molar-refractivity contribution in [2.24, 2.45) is 11.7 Å². The molecule has 1 aromatic carbocycles. The number of rotatable bonds is 6. The zero-order valence-electron chi connectivity index (χ0n) is 14.5. The van der Waals surface area contributed by atoms with Crippen LogP contribution in [0, 0.1) is 23.0 Å². The second-order valence-electron chi connectivity index (χ2n) is 6.50. The zero-order valence-corrected chi connectivity index (χ0v) is 14.5. The second kappa shape index (κ2) is 8.06. The lowest BCUT2D eigenvalue weighted by Crippen LogP contribution is -2.47. The van der Waals surface area contributed by atoms with Crippen LogP contribution in [0.5, 0.6) is 0 Å². The highest BCUT2D eigenvalue weighted by Gasteiger charge is 2.34. The molecule has 2 amide bonds. The van der Waals surface area contributed by atoms with Crippen molar-refractivity contribution >= 4 is 17.5 Å². The van der Waals surface area contributed by atoms with E-state index in [2.05, 4.69) is 5.32 Å². The Balaban J connectivity index is 2.11. The maximum atomic E-state index is 12.7. The van der Waals surface area contributed by atoms with Gasteiger partial charge in [0, 0.05) is 30.3 Å². The monoisotopic (exact) mass is 348 g/mol. The first-order valence-electron chi connectivity index (χ1n) is 8.39. The minimum atomic E-state index is -0.507. The summed E-state index contributed by atoms with van der Waals surface area (Å²) >= 11 is 0. The summed E-state index contributed by atoms with van der Waals surface area (Å²) in [5, 5.41) is 13.7. The quantitative estimate of drug-likeness (QED) is 0.592. The summed E-state index contributed by atoms with van der Waals surface area (Å²) in [4.78, 5) is 37.1. The highest BCUT2D eigenvalue weighted by molar-refractivity contribution is 5.98. The van der Waals surface area contributed by atoms with Gasteiger partial charge in [-0.1, -0.05) is 6.92 Å². The molecule has 8 heteroatoms. The summed E-state index contributed by atoms with van der Waals surface area (Å²) in [5.41, 5.74) is 6.31. The van der Waals surface area contributed by atoms with E-state index in [1.54, 1.807) is 11.8 Å². The smallest absolute Gasteiger partial charge is 0.272 e. The molecule has 2 unspecified atom stereocenters. The zero-order chi connectivity index (χ0) is 18.6. The van der Waals surface area contributed by atoms with Gasteiger partial charge in [-0.15, -0.1) is 0 Å². The second-order valence-corrected chi connectivity index (χ2v) is 6.50. The normalized spacial score (nSPS) is 18.0. The van der Waals surface area contributed by atoms with Gasteiger partial charge in [0.25, 0.3) is 11.6 Å². The molecule has 1 aromatic rings. The molecule has 2 rings (SSSR count). The summed E-state index contributed by atoms with van der Waals surface area (Å²) in [6.07, 6.45) is 1.36. The van der Waals surface area contributed by atoms with E-state index in [1.165, 1.54) is 18.2 Å². The van der Waals surface area contributed by atoms with E-state index in [1.807, 2.05) is 6.92 Å². The Hall–Kier alpha value is -2.48. The molecular weight excluding hydrogens is 324 g/mol. The number of carbonyl (C=O) groups is 2. The molecule has 136 valence electrons. The van der Waals surface area contributed by atoms with E-state index in [-0.39, 0.29) is 23.4 Å². The van der Waals surface area contributed by atoms with Crippen molar-refractivity contribution in [3.63, 3.8) is 0 Å². The van der Waals surface area contributed by atoms with Gasteiger partial charge in [0.2, 0.25) is 5.91 Å². The highest BCUT2D eigenvalue weighted by Crippen LogP contribution is 2.24. The molecule has 0 radical (unpaired) electrons. The topological polar surface area (TPSA) is 119 Å². The van der Waals surface area contributed by atoms with E-state index in [4.69, 9.17) is 5.73 Å². The van der Waals surface area contributed by atoms with Crippen molar-refractivity contribution in [2.45, 2.75) is 32.7 Å². The van der Waals surface area contributed by atoms with Crippen LogP contribution in [0.15, 0.2) is 18.2 Å². The number of hydrogen-bond donors (Lipinski definition) is 2. The van der Waals surface area contributed by atoms with Gasteiger partial charge in [-0.3, -0.25) is 19.7 Å². The highest BCUT2D eigenvalue weighted by atomic mass is 16.6. The lowest BCUT2D eigenvalue weighted by Gasteiger charge is -2.24. The number of likely N-dealkylation sites (tertiary alicyclic amines) is 1. The van der Waals surface area contributed by atoms with E-state index < -0.39 is 11.0 Å². The molecule has 8 nitrogen and oxygen atoms in total. The molecule has 1 heterocycles. The molecule has 3 N–H and O–H groups in total. The van der Waals surface area contributed by atoms with Crippen LogP contribution in [0.2, 0.25) is 0 Å². The van der Waals surface area contributed by atoms with Crippen molar-refractivity contribution in [3.8, 4) is 0 Å². The summed E-state index contributed by atoms with van der Waals surface area (Å²) in [6.45, 7) is 4.99. The first-order valence-corrected chi connectivity index (χ1v) is 8.39. The van der Waals surface area contributed by atoms with Gasteiger partial charge in [-0.05, 0) is 44.4 Å². The van der Waals surface area contributed by atoms with Crippen LogP contribution in [0.25, 0.3) is 0 Å². The SMILES string of the molecule is Cc1cc(C(=O)N2CCCC2C(=O)NCC(C)CN)ccc1[N+](=O)[O-]. The fraction of sp³-hybridized carbons (Fsp3) is 0.529. The molecule has 0 saturated carbocycles. The van der Waals surface area contributed by atoms with Gasteiger partial charge in [-0.25, -0.2) is 0 Å². The number of carbonyl (C=O) groups excluding carboxylic acids is 2. The summed E-state index contributed by atoms with van der Waals surface area (Å²) < 4.78 is 0. The number of aryl methyl sites for hydroxylation is 1. The van der Waals surface area contributed by atoms with Gasteiger partial charge in [-0.2, -0.15) is 0 Å². The van der Waals surface area contributed by atoms with Crippen LogP contribution in [-0.2, 0) is 4.79 Å². The predicted octanol–water partition coefficient (Wildman–Crippen LogP) is 1.22. The largest absolute Gasteiger partial charge is 0.354 e. The van der Waals surface area contributed by atoms with Gasteiger partial charge in [0.05, 0.1) is 4.92 Å². The molecule has 25 heavy (non-hydrogen) atoms. The standard InChI is InChI=1S/C17H24N4O4/c1-11(9-18)10-19-16(22)15-4-3-7-20(15)17(23)13-5-6-14(21(24)25)12(2)8-13/h5-6,8,11,15H,3-4,7,9-10,18H2,1-2H3,(H,19,22). The molecule has 1 aliphatic heterocycles. The number of nitrogens with two attached hydrogens (primary N) is 1. The van der Waals surface area contributed by atoms with Gasteiger partial charge in [0.1, 0.15) is 6.04 Å². The van der Waals surface area contributed by atoms with E-state index >= 15 is 0 Å². The lowest BCUT2D eigenvalue weighted by molar-refractivity contribution is -0.385. The Labute approximate surface area is 146 Å². The molecule has 1 aliphatic rings. The molecule has 2 atom stereocenters. The van der Waals surface area contributed by atoms with E-state index in [0.717, 1.165) is 6.42 Å². The average Bonchev–Trinajstić information content (AvgIpc) is 3.07. The third-order valence-electron chi connectivity index (χ3n) is 4.48. The lowest BCUT2D eigenvalue weighted by atomic mass is 10.1. The third kappa shape index (κ3) is 4.33. The predicted molar refractivity (Wildman–Crippen MR) is 93.1 cm³/mol. The Morgan fingerprint density at radius 1 is 1.48 bits per heavy atom. The molecule has 0 spiro atoms. The Kier molecular flexibility index (Phi) is 6.08. The molecule has 0 bridgehead atoms. The third-order valence-corrected chi connectivity index (χ3v) is 4.48. The number of nitro groups is 1. The van der Waals surface area contributed by atoms with Crippen molar-refractivity contribution in [2.75, 3.05) is 19.6 Å². The van der Waals surface area contributed by atoms with Crippen molar-refractivity contribution in [1.82, 2.24) is 10.2 Å². The Morgan fingerprint density at radius 2 is 2.20 bits per heavy atom. The maximum absolute atomic E-state index is 12.7. The number of hydrogen-bond acceptors (Lipinski definition) is 5. The van der Waals surface area contributed by atoms with Crippen LogP contribution in [0.3, 0.4) is 0 Å². The summed E-state index contributed by atoms with van der Waals surface area (Å²) in [7, 11) is 0. The van der Waals surface area contributed by atoms with Crippen molar-refractivity contribution in [1.29, 1.82) is 0 Å². The first-order chi connectivity index (χ1) is 11.8. The van der Waals surface area contributed by atoms with Crippen LogP contribution in [0.4, 0.5) is 5.69 Å². The molecule has 0 aliphatic carbocycles. The van der Waals surface area contributed by atoms with Crippen LogP contribution < -0.4 is 11.1 Å². The fourth-order valence-corrected chi connectivity index (χ4v) is 2.92. The number of amides is 2. The van der Waals surface area contributed by atoms with Gasteiger partial charge < -0.3 is 16.0 Å². The van der Waals surface area contributed by atoms with Crippen LogP contribution >= 0.6 is 0 Å². The average molecular weight is 348 g/mol. The minimum Gasteiger partial charge on any atom is -0.354 e. The summed E-state index contributed by atoms with van der Waals surface area (Å²) in [6, 6.07) is 3.77. The van der Waals surface area contributed by atoms with E-state index in [9.17, 15) is 19.7 Å². The Bertz CT molecular complexity index is 677. The summed E-state index contributed by atoms with van der Waals surface area (Å²) in [5.74, 6) is -0.279. The number of nitrogens with one attached hydrogen (secondary N) is 1. The number of benzene rings is 1. The minimum absolute atomic E-state index is 0.0250. The van der Waals surface area contributed by atoms with E-state index in [0.29, 0.717) is 37.2 Å². The number of nitrogens with zero attached hydrogens (tertiary/aromatic N) is 2. The molecule has 0 aromatic heterocycles. The van der Waals surface area contributed by atoms with Crippen LogP contribution in [-0.4, -0.2) is 47.3 Å². The number of nitro benzene ring substituents is 1. The van der Waals surface area contributed by atoms with Crippen LogP contribution in [0.1, 0.15) is 35.7 Å². The maximum Gasteiger partial charge on any atom is 0.272 e. The van der Waals surface area contributed by atoms with Crippen molar-refractivity contribution < 1.29 is 14.5 Å². The Morgan fingerprint density at radius 3 is 2.80 bits per heavy atom. The molecule has 1 saturated heterocycles. The molecule has 1 fully saturated rings. The van der Waals surface area contributed by atoms with Gasteiger partial charge >= 0.3 is 0 Å². The molecular formula is C17H24N4O4.